The molecule has 2 amide bonds. The molecule has 1 aliphatic heterocycles. The van der Waals surface area contributed by atoms with E-state index in [0.29, 0.717) is 36.6 Å². The molecule has 0 atom stereocenters. The first-order valence-electron chi connectivity index (χ1n) is 8.33. The number of rotatable bonds is 2. The fourth-order valence-corrected chi connectivity index (χ4v) is 2.97. The van der Waals surface area contributed by atoms with Gasteiger partial charge in [0, 0.05) is 24.3 Å². The highest BCUT2D eigenvalue weighted by Gasteiger charge is 2.71. The van der Waals surface area contributed by atoms with Crippen LogP contribution in [0, 0.1) is 0 Å². The van der Waals surface area contributed by atoms with E-state index in [9.17, 15) is 36.2 Å². The van der Waals surface area contributed by atoms with E-state index in [1.54, 1.807) is 24.3 Å². The van der Waals surface area contributed by atoms with Gasteiger partial charge in [-0.15, -0.1) is 0 Å². The van der Waals surface area contributed by atoms with Gasteiger partial charge in [0.1, 0.15) is 0 Å². The number of alkyl halides is 6. The zero-order valence-corrected chi connectivity index (χ0v) is 14.6. The second-order valence-corrected chi connectivity index (χ2v) is 6.31. The van der Waals surface area contributed by atoms with Gasteiger partial charge in [-0.3, -0.25) is 4.90 Å². The highest BCUT2D eigenvalue weighted by molar-refractivity contribution is 6.04. The SMILES string of the molecule is O=C(Nc1ccc(C(O)(C(F)(F)F)C(F)(F)F)cc1)N1CCNc2ccccc21. The second kappa shape index (κ2) is 7.14. The minimum Gasteiger partial charge on any atom is -0.382 e. The van der Waals surface area contributed by atoms with E-state index in [-0.39, 0.29) is 5.69 Å². The van der Waals surface area contributed by atoms with Gasteiger partial charge in [0.25, 0.3) is 5.60 Å². The molecule has 29 heavy (non-hydrogen) atoms. The Kier molecular flexibility index (Phi) is 5.11. The number of amides is 2. The van der Waals surface area contributed by atoms with Crippen LogP contribution in [0.15, 0.2) is 48.5 Å². The fourth-order valence-electron chi connectivity index (χ4n) is 2.97. The van der Waals surface area contributed by atoms with E-state index in [4.69, 9.17) is 0 Å². The maximum atomic E-state index is 12.9. The van der Waals surface area contributed by atoms with Crippen molar-refractivity contribution < 1.29 is 36.2 Å². The van der Waals surface area contributed by atoms with Gasteiger partial charge in [-0.25, -0.2) is 4.79 Å². The monoisotopic (exact) mass is 419 g/mol. The van der Waals surface area contributed by atoms with Gasteiger partial charge in [0.15, 0.2) is 0 Å². The standard InChI is InChI=1S/C18H15F6N3O2/c19-17(20,21)16(29,18(22,23)24)11-5-7-12(8-6-11)26-15(28)27-10-9-25-13-3-1-2-4-14(13)27/h1-8,25,29H,9-10H2,(H,26,28). The Morgan fingerprint density at radius 3 is 2.14 bits per heavy atom. The largest absolute Gasteiger partial charge is 0.430 e. The first-order chi connectivity index (χ1) is 13.4. The number of nitrogens with zero attached hydrogens (tertiary/aromatic N) is 1. The van der Waals surface area contributed by atoms with Crippen molar-refractivity contribution >= 4 is 23.1 Å². The molecular weight excluding hydrogens is 404 g/mol. The second-order valence-electron chi connectivity index (χ2n) is 6.31. The van der Waals surface area contributed by atoms with Crippen LogP contribution >= 0.6 is 0 Å². The summed E-state index contributed by atoms with van der Waals surface area (Å²) in [6.45, 7) is 0.774. The Balaban J connectivity index is 1.82. The lowest BCUT2D eigenvalue weighted by Gasteiger charge is -2.33. The smallest absolute Gasteiger partial charge is 0.382 e. The third-order valence-electron chi connectivity index (χ3n) is 4.47. The number of aliphatic hydroxyl groups is 1. The maximum absolute atomic E-state index is 12.9. The molecule has 1 heterocycles. The van der Waals surface area contributed by atoms with Crippen LogP contribution in [0.1, 0.15) is 5.56 Å². The molecular formula is C18H15F6N3O2. The van der Waals surface area contributed by atoms with E-state index >= 15 is 0 Å². The lowest BCUT2D eigenvalue weighted by atomic mass is 9.92. The number of urea groups is 1. The zero-order chi connectivity index (χ0) is 21.4. The number of fused-ring (bicyclic) bond motifs is 1. The van der Waals surface area contributed by atoms with Crippen molar-refractivity contribution in [2.45, 2.75) is 18.0 Å². The van der Waals surface area contributed by atoms with Gasteiger partial charge in [-0.2, -0.15) is 26.3 Å². The minimum absolute atomic E-state index is 0.0264. The molecule has 5 nitrogen and oxygen atoms in total. The molecule has 11 heteroatoms. The first-order valence-corrected chi connectivity index (χ1v) is 8.33. The van der Waals surface area contributed by atoms with Crippen LogP contribution in [0.3, 0.4) is 0 Å². The molecule has 3 rings (SSSR count). The molecule has 0 bridgehead atoms. The topological polar surface area (TPSA) is 64.6 Å². The van der Waals surface area contributed by atoms with E-state index in [1.807, 2.05) is 0 Å². The number of carbonyl (C=O) groups is 1. The molecule has 0 saturated carbocycles. The lowest BCUT2D eigenvalue weighted by Crippen LogP contribution is -2.53. The number of benzene rings is 2. The van der Waals surface area contributed by atoms with Crippen LogP contribution < -0.4 is 15.5 Å². The third-order valence-corrected chi connectivity index (χ3v) is 4.47. The van der Waals surface area contributed by atoms with Crippen molar-refractivity contribution in [1.29, 1.82) is 0 Å². The third kappa shape index (κ3) is 3.69. The van der Waals surface area contributed by atoms with E-state index in [2.05, 4.69) is 10.6 Å². The summed E-state index contributed by atoms with van der Waals surface area (Å²) in [7, 11) is 0. The van der Waals surface area contributed by atoms with E-state index in [1.165, 1.54) is 4.90 Å². The Bertz CT molecular complexity index is 882. The van der Waals surface area contributed by atoms with Crippen molar-refractivity contribution in [3.63, 3.8) is 0 Å². The number of halogens is 6. The van der Waals surface area contributed by atoms with Crippen molar-refractivity contribution in [1.82, 2.24) is 0 Å². The predicted octanol–water partition coefficient (Wildman–Crippen LogP) is 4.46. The highest BCUT2D eigenvalue weighted by atomic mass is 19.4. The normalized spacial score (nSPS) is 14.8. The molecule has 0 aromatic heterocycles. The Labute approximate surface area is 160 Å². The summed E-state index contributed by atoms with van der Waals surface area (Å²) < 4.78 is 77.6. The average Bonchev–Trinajstić information content (AvgIpc) is 2.65. The van der Waals surface area contributed by atoms with Gasteiger partial charge in [-0.05, 0) is 24.3 Å². The number of hydrogen-bond donors (Lipinski definition) is 3. The van der Waals surface area contributed by atoms with Crippen LogP contribution in [-0.2, 0) is 5.60 Å². The summed E-state index contributed by atoms with van der Waals surface area (Å²) in [6, 6.07) is 9.02. The quantitative estimate of drug-likeness (QED) is 0.630. The molecule has 2 aromatic carbocycles. The van der Waals surface area contributed by atoms with Crippen LogP contribution in [0.4, 0.5) is 48.2 Å². The summed E-state index contributed by atoms with van der Waals surface area (Å²) in [5.74, 6) is 0. The van der Waals surface area contributed by atoms with E-state index < -0.39 is 29.5 Å². The molecule has 1 aliphatic rings. The van der Waals surface area contributed by atoms with Crippen molar-refractivity contribution in [3.8, 4) is 0 Å². The molecule has 0 saturated heterocycles. The van der Waals surface area contributed by atoms with Crippen molar-refractivity contribution in [2.24, 2.45) is 0 Å². The molecule has 0 aliphatic carbocycles. The summed E-state index contributed by atoms with van der Waals surface area (Å²) in [5, 5.41) is 14.9. The first kappa shape index (κ1) is 20.8. The molecule has 3 N–H and O–H groups in total. The zero-order valence-electron chi connectivity index (χ0n) is 14.6. The van der Waals surface area contributed by atoms with Gasteiger partial charge in [-0.1, -0.05) is 24.3 Å². The minimum atomic E-state index is -5.97. The van der Waals surface area contributed by atoms with Crippen LogP contribution in [-0.4, -0.2) is 36.6 Å². The highest BCUT2D eigenvalue weighted by Crippen LogP contribution is 2.50. The van der Waals surface area contributed by atoms with Crippen LogP contribution in [0.25, 0.3) is 0 Å². The molecule has 0 spiro atoms. The van der Waals surface area contributed by atoms with E-state index in [0.717, 1.165) is 12.1 Å². The Morgan fingerprint density at radius 1 is 0.966 bits per heavy atom. The summed E-state index contributed by atoms with van der Waals surface area (Å²) >= 11 is 0. The number of nitrogens with one attached hydrogen (secondary N) is 2. The fraction of sp³-hybridized carbons (Fsp3) is 0.278. The summed E-state index contributed by atoms with van der Waals surface area (Å²) in [6.07, 6.45) is -11.9. The van der Waals surface area contributed by atoms with Crippen molar-refractivity contribution in [3.05, 3.63) is 54.1 Å². The Hall–Kier alpha value is -2.95. The summed E-state index contributed by atoms with van der Waals surface area (Å²) in [5.41, 5.74) is -5.15. The lowest BCUT2D eigenvalue weighted by molar-refractivity contribution is -0.376. The Morgan fingerprint density at radius 2 is 1.55 bits per heavy atom. The number of carbonyl (C=O) groups excluding carboxylic acids is 1. The van der Waals surface area contributed by atoms with Crippen LogP contribution in [0.5, 0.6) is 0 Å². The maximum Gasteiger partial charge on any atom is 0.430 e. The molecule has 2 aromatic rings. The predicted molar refractivity (Wildman–Crippen MR) is 93.7 cm³/mol. The number of para-hydroxylation sites is 2. The van der Waals surface area contributed by atoms with Crippen LogP contribution in [0.2, 0.25) is 0 Å². The van der Waals surface area contributed by atoms with Crippen molar-refractivity contribution in [2.75, 3.05) is 28.6 Å². The average molecular weight is 419 g/mol. The molecule has 0 unspecified atom stereocenters. The van der Waals surface area contributed by atoms with Gasteiger partial charge in [0.2, 0.25) is 0 Å². The number of anilines is 3. The molecule has 0 fully saturated rings. The molecule has 0 radical (unpaired) electrons. The summed E-state index contributed by atoms with van der Waals surface area (Å²) in [4.78, 5) is 13.9. The number of hydrogen-bond acceptors (Lipinski definition) is 3. The van der Waals surface area contributed by atoms with Gasteiger partial charge >= 0.3 is 18.4 Å². The van der Waals surface area contributed by atoms with Gasteiger partial charge in [0.05, 0.1) is 11.4 Å². The van der Waals surface area contributed by atoms with Gasteiger partial charge < -0.3 is 15.7 Å². The molecule has 156 valence electrons.